The number of carbonyl (C=O) groups excluding carboxylic acids is 1. The number of nitrogens with zero attached hydrogens (tertiary/aromatic N) is 2. The molecule has 1 aliphatic rings. The lowest BCUT2D eigenvalue weighted by molar-refractivity contribution is -0.117. The summed E-state index contributed by atoms with van der Waals surface area (Å²) >= 11 is 0. The molecule has 1 heterocycles. The van der Waals surface area contributed by atoms with Gasteiger partial charge in [0.25, 0.3) is 0 Å². The van der Waals surface area contributed by atoms with Crippen LogP contribution >= 0.6 is 0 Å². The van der Waals surface area contributed by atoms with Crippen LogP contribution in [0.1, 0.15) is 24.8 Å². The molecule has 1 aromatic rings. The summed E-state index contributed by atoms with van der Waals surface area (Å²) in [5.41, 5.74) is 1.26. The molecule has 3 heteroatoms. The zero-order valence-electron chi connectivity index (χ0n) is 9.02. The molecule has 0 N–H and O–H groups in total. The van der Waals surface area contributed by atoms with Crippen LogP contribution in [0.2, 0.25) is 0 Å². The topological polar surface area (TPSA) is 33.2 Å². The van der Waals surface area contributed by atoms with Crippen molar-refractivity contribution in [3.63, 3.8) is 0 Å². The highest BCUT2D eigenvalue weighted by molar-refractivity contribution is 5.81. The number of carbonyl (C=O) groups is 1. The monoisotopic (exact) mass is 204 g/mol. The van der Waals surface area contributed by atoms with Gasteiger partial charge in [-0.1, -0.05) is 0 Å². The highest BCUT2D eigenvalue weighted by Gasteiger charge is 2.25. The zero-order valence-corrected chi connectivity index (χ0v) is 9.02. The molecule has 1 aliphatic carbocycles. The first-order chi connectivity index (χ1) is 7.25. The standard InChI is InChI=1S/C12H16N2O/c1-14(11-2-3-12(15)8-11)9-10-4-6-13-7-5-10/h4-7,11H,2-3,8-9H2,1H3. The second-order valence-electron chi connectivity index (χ2n) is 4.21. The van der Waals surface area contributed by atoms with E-state index in [-0.39, 0.29) is 0 Å². The van der Waals surface area contributed by atoms with Crippen molar-refractivity contribution in [2.24, 2.45) is 0 Å². The van der Waals surface area contributed by atoms with Crippen LogP contribution in [0.15, 0.2) is 24.5 Å². The van der Waals surface area contributed by atoms with Gasteiger partial charge in [0, 0.05) is 37.8 Å². The van der Waals surface area contributed by atoms with Crippen LogP contribution in [0.25, 0.3) is 0 Å². The lowest BCUT2D eigenvalue weighted by Gasteiger charge is -2.23. The van der Waals surface area contributed by atoms with Gasteiger partial charge in [0.2, 0.25) is 0 Å². The molecule has 0 amide bonds. The van der Waals surface area contributed by atoms with E-state index >= 15 is 0 Å². The quantitative estimate of drug-likeness (QED) is 0.750. The van der Waals surface area contributed by atoms with E-state index in [9.17, 15) is 4.79 Å². The van der Waals surface area contributed by atoms with Crippen molar-refractivity contribution in [3.8, 4) is 0 Å². The molecule has 0 aliphatic heterocycles. The summed E-state index contributed by atoms with van der Waals surface area (Å²) in [4.78, 5) is 17.4. The van der Waals surface area contributed by atoms with Gasteiger partial charge in [-0.15, -0.1) is 0 Å². The van der Waals surface area contributed by atoms with Gasteiger partial charge in [-0.2, -0.15) is 0 Å². The van der Waals surface area contributed by atoms with Crippen molar-refractivity contribution >= 4 is 5.78 Å². The molecule has 0 radical (unpaired) electrons. The van der Waals surface area contributed by atoms with Crippen LogP contribution in [-0.4, -0.2) is 28.8 Å². The number of ketones is 1. The Morgan fingerprint density at radius 2 is 2.20 bits per heavy atom. The Morgan fingerprint density at radius 1 is 1.47 bits per heavy atom. The third kappa shape index (κ3) is 2.63. The van der Waals surface area contributed by atoms with Gasteiger partial charge in [0.15, 0.2) is 0 Å². The molecule has 1 saturated carbocycles. The third-order valence-electron chi connectivity index (χ3n) is 3.02. The maximum atomic E-state index is 11.2. The van der Waals surface area contributed by atoms with Crippen LogP contribution in [0, 0.1) is 0 Å². The molecule has 15 heavy (non-hydrogen) atoms. The van der Waals surface area contributed by atoms with Crippen molar-refractivity contribution in [3.05, 3.63) is 30.1 Å². The average Bonchev–Trinajstić information content (AvgIpc) is 2.66. The number of aromatic nitrogens is 1. The Labute approximate surface area is 90.1 Å². The van der Waals surface area contributed by atoms with Crippen LogP contribution in [0.5, 0.6) is 0 Å². The normalized spacial score (nSPS) is 21.2. The Balaban J connectivity index is 1.92. The minimum atomic E-state index is 0.404. The summed E-state index contributed by atoms with van der Waals surface area (Å²) in [5.74, 6) is 0.404. The Morgan fingerprint density at radius 3 is 2.80 bits per heavy atom. The van der Waals surface area contributed by atoms with Crippen LogP contribution < -0.4 is 0 Å². The maximum absolute atomic E-state index is 11.2. The molecular formula is C12H16N2O. The minimum Gasteiger partial charge on any atom is -0.300 e. The highest BCUT2D eigenvalue weighted by Crippen LogP contribution is 2.20. The highest BCUT2D eigenvalue weighted by atomic mass is 16.1. The molecule has 0 spiro atoms. The summed E-state index contributed by atoms with van der Waals surface area (Å²) in [6, 6.07) is 4.48. The molecule has 1 aromatic heterocycles. The van der Waals surface area contributed by atoms with Crippen molar-refractivity contribution in [1.82, 2.24) is 9.88 Å². The predicted molar refractivity (Wildman–Crippen MR) is 58.4 cm³/mol. The van der Waals surface area contributed by atoms with E-state index < -0.39 is 0 Å². The van der Waals surface area contributed by atoms with E-state index in [4.69, 9.17) is 0 Å². The predicted octanol–water partition coefficient (Wildman–Crippen LogP) is 1.64. The van der Waals surface area contributed by atoms with Crippen LogP contribution in [0.4, 0.5) is 0 Å². The molecule has 2 rings (SSSR count). The van der Waals surface area contributed by atoms with Gasteiger partial charge in [0.05, 0.1) is 0 Å². The summed E-state index contributed by atoms with van der Waals surface area (Å²) in [6.45, 7) is 0.903. The molecule has 3 nitrogen and oxygen atoms in total. The first kappa shape index (κ1) is 10.3. The van der Waals surface area contributed by atoms with Gasteiger partial charge >= 0.3 is 0 Å². The van der Waals surface area contributed by atoms with Crippen molar-refractivity contribution in [2.45, 2.75) is 31.8 Å². The first-order valence-corrected chi connectivity index (χ1v) is 5.36. The van der Waals surface area contributed by atoms with Gasteiger partial charge in [-0.25, -0.2) is 0 Å². The fraction of sp³-hybridized carbons (Fsp3) is 0.500. The van der Waals surface area contributed by atoms with Crippen molar-refractivity contribution in [1.29, 1.82) is 0 Å². The molecular weight excluding hydrogens is 188 g/mol. The largest absolute Gasteiger partial charge is 0.300 e. The Kier molecular flexibility index (Phi) is 3.11. The Hall–Kier alpha value is -1.22. The van der Waals surface area contributed by atoms with E-state index in [1.54, 1.807) is 0 Å². The minimum absolute atomic E-state index is 0.404. The zero-order chi connectivity index (χ0) is 10.7. The average molecular weight is 204 g/mol. The van der Waals surface area contributed by atoms with Crippen molar-refractivity contribution in [2.75, 3.05) is 7.05 Å². The lowest BCUT2D eigenvalue weighted by Crippen LogP contribution is -2.29. The van der Waals surface area contributed by atoms with Crippen molar-refractivity contribution < 1.29 is 4.79 Å². The number of rotatable bonds is 3. The molecule has 0 aromatic carbocycles. The second-order valence-corrected chi connectivity index (χ2v) is 4.21. The molecule has 80 valence electrons. The Bertz CT molecular complexity index is 337. The maximum Gasteiger partial charge on any atom is 0.134 e. The smallest absolute Gasteiger partial charge is 0.134 e. The summed E-state index contributed by atoms with van der Waals surface area (Å²) < 4.78 is 0. The molecule has 1 fully saturated rings. The lowest BCUT2D eigenvalue weighted by atomic mass is 10.2. The van der Waals surface area contributed by atoms with E-state index in [0.717, 1.165) is 25.8 Å². The number of Topliss-reactive ketones (excluding diaryl/α,β-unsaturated/α-hetero) is 1. The van der Waals surface area contributed by atoms with Gasteiger partial charge < -0.3 is 0 Å². The first-order valence-electron chi connectivity index (χ1n) is 5.36. The van der Waals surface area contributed by atoms with E-state index in [2.05, 4.69) is 16.9 Å². The molecule has 1 atom stereocenters. The van der Waals surface area contributed by atoms with E-state index in [1.165, 1.54) is 5.56 Å². The number of hydrogen-bond acceptors (Lipinski definition) is 3. The number of hydrogen-bond donors (Lipinski definition) is 0. The van der Waals surface area contributed by atoms with E-state index in [0.29, 0.717) is 11.8 Å². The van der Waals surface area contributed by atoms with Gasteiger partial charge in [-0.05, 0) is 31.2 Å². The summed E-state index contributed by atoms with van der Waals surface area (Å²) in [6.07, 6.45) is 6.11. The summed E-state index contributed by atoms with van der Waals surface area (Å²) in [5, 5.41) is 0. The van der Waals surface area contributed by atoms with Gasteiger partial charge in [-0.3, -0.25) is 14.7 Å². The summed E-state index contributed by atoms with van der Waals surface area (Å²) in [7, 11) is 2.09. The van der Waals surface area contributed by atoms with Gasteiger partial charge in [0.1, 0.15) is 5.78 Å². The van der Waals surface area contributed by atoms with Crippen LogP contribution in [0.3, 0.4) is 0 Å². The fourth-order valence-electron chi connectivity index (χ4n) is 2.08. The SMILES string of the molecule is CN(Cc1ccncc1)C1CCC(=O)C1. The molecule has 1 unspecified atom stereocenters. The van der Waals surface area contributed by atoms with E-state index in [1.807, 2.05) is 24.5 Å². The molecule has 0 saturated heterocycles. The van der Waals surface area contributed by atoms with Crippen LogP contribution in [-0.2, 0) is 11.3 Å². The fourth-order valence-corrected chi connectivity index (χ4v) is 2.08. The second kappa shape index (κ2) is 4.53. The number of pyridine rings is 1. The third-order valence-corrected chi connectivity index (χ3v) is 3.02. The molecule has 0 bridgehead atoms.